The van der Waals surface area contributed by atoms with Crippen LogP contribution in [0.5, 0.6) is 0 Å². The van der Waals surface area contributed by atoms with Gasteiger partial charge in [0.15, 0.2) is 3.79 Å². The lowest BCUT2D eigenvalue weighted by molar-refractivity contribution is 0.214. The van der Waals surface area contributed by atoms with E-state index in [4.69, 9.17) is 34.8 Å². The molecule has 4 heteroatoms. The molecule has 0 bridgehead atoms. The van der Waals surface area contributed by atoms with Crippen LogP contribution in [0.3, 0.4) is 0 Å². The summed E-state index contributed by atoms with van der Waals surface area (Å²) in [6.07, 6.45) is 4.76. The molecular formula is C9H14Cl3N. The molecule has 2 aliphatic rings. The van der Waals surface area contributed by atoms with Gasteiger partial charge in [0.1, 0.15) is 0 Å². The van der Waals surface area contributed by atoms with Gasteiger partial charge in [0.2, 0.25) is 0 Å². The summed E-state index contributed by atoms with van der Waals surface area (Å²) >= 11 is 17.2. The van der Waals surface area contributed by atoms with Crippen LogP contribution >= 0.6 is 34.8 Å². The molecule has 13 heavy (non-hydrogen) atoms. The molecule has 0 radical (unpaired) electrons. The van der Waals surface area contributed by atoms with Crippen LogP contribution in [0.1, 0.15) is 25.7 Å². The van der Waals surface area contributed by atoms with Crippen molar-refractivity contribution in [2.24, 2.45) is 5.92 Å². The van der Waals surface area contributed by atoms with Crippen molar-refractivity contribution >= 4 is 34.8 Å². The highest BCUT2D eigenvalue weighted by Gasteiger charge is 2.43. The molecule has 1 aliphatic heterocycles. The number of hydrogen-bond donors (Lipinski definition) is 0. The minimum atomic E-state index is -1.07. The summed E-state index contributed by atoms with van der Waals surface area (Å²) in [5, 5.41) is 0. The summed E-state index contributed by atoms with van der Waals surface area (Å²) in [6, 6.07) is 0.820. The third-order valence-corrected chi connectivity index (χ3v) is 3.62. The van der Waals surface area contributed by atoms with E-state index in [2.05, 4.69) is 4.90 Å². The molecule has 1 nitrogen and oxygen atoms in total. The van der Waals surface area contributed by atoms with E-state index in [0.717, 1.165) is 18.5 Å². The van der Waals surface area contributed by atoms with Gasteiger partial charge in [-0.2, -0.15) is 0 Å². The SMILES string of the molecule is ClC(Cl)(Cl)CCN1CCCC2CC21. The van der Waals surface area contributed by atoms with E-state index in [0.29, 0.717) is 6.42 Å². The van der Waals surface area contributed by atoms with Crippen LogP contribution in [0.25, 0.3) is 0 Å². The van der Waals surface area contributed by atoms with Gasteiger partial charge in [-0.3, -0.25) is 4.90 Å². The molecule has 76 valence electrons. The molecule has 0 aromatic carbocycles. The molecule has 0 aromatic heterocycles. The van der Waals surface area contributed by atoms with Gasteiger partial charge < -0.3 is 0 Å². The fraction of sp³-hybridized carbons (Fsp3) is 1.00. The van der Waals surface area contributed by atoms with Gasteiger partial charge in [-0.25, -0.2) is 0 Å². The molecule has 0 aromatic rings. The maximum Gasteiger partial charge on any atom is 0.191 e. The third-order valence-electron chi connectivity index (χ3n) is 3.06. The Balaban J connectivity index is 1.75. The number of halogens is 3. The average molecular weight is 243 g/mol. The predicted molar refractivity (Wildman–Crippen MR) is 57.6 cm³/mol. The van der Waals surface area contributed by atoms with Crippen molar-refractivity contribution in [2.75, 3.05) is 13.1 Å². The van der Waals surface area contributed by atoms with E-state index in [1.54, 1.807) is 0 Å². The number of alkyl halides is 3. The Morgan fingerprint density at radius 2 is 2.08 bits per heavy atom. The van der Waals surface area contributed by atoms with Crippen LogP contribution in [-0.4, -0.2) is 27.8 Å². The highest BCUT2D eigenvalue weighted by atomic mass is 35.6. The topological polar surface area (TPSA) is 3.24 Å². The maximum absolute atomic E-state index is 5.72. The van der Waals surface area contributed by atoms with Crippen molar-refractivity contribution in [2.45, 2.75) is 35.5 Å². The first-order valence-electron chi connectivity index (χ1n) is 4.87. The van der Waals surface area contributed by atoms with E-state index in [9.17, 15) is 0 Å². The van der Waals surface area contributed by atoms with E-state index in [-0.39, 0.29) is 0 Å². The van der Waals surface area contributed by atoms with Gasteiger partial charge in [0.05, 0.1) is 0 Å². The Morgan fingerprint density at radius 3 is 2.77 bits per heavy atom. The number of likely N-dealkylation sites (tertiary alicyclic amines) is 1. The van der Waals surface area contributed by atoms with Crippen molar-refractivity contribution in [3.8, 4) is 0 Å². The molecule has 2 atom stereocenters. The van der Waals surface area contributed by atoms with Crippen molar-refractivity contribution in [3.63, 3.8) is 0 Å². The third kappa shape index (κ3) is 2.89. The van der Waals surface area contributed by atoms with Crippen LogP contribution in [0.4, 0.5) is 0 Å². The van der Waals surface area contributed by atoms with Crippen LogP contribution in [0, 0.1) is 5.92 Å². The molecular weight excluding hydrogens is 228 g/mol. The molecule has 2 rings (SSSR count). The van der Waals surface area contributed by atoms with E-state index >= 15 is 0 Å². The number of nitrogens with zero attached hydrogens (tertiary/aromatic N) is 1. The minimum Gasteiger partial charge on any atom is -0.300 e. The Hall–Kier alpha value is 0.830. The Labute approximate surface area is 94.3 Å². The Bertz CT molecular complexity index is 190. The average Bonchev–Trinajstić information content (AvgIpc) is 2.77. The second kappa shape index (κ2) is 3.77. The Kier molecular flexibility index (Phi) is 3.00. The lowest BCUT2D eigenvalue weighted by Gasteiger charge is -2.27. The molecule has 0 amide bonds. The van der Waals surface area contributed by atoms with E-state index in [1.165, 1.54) is 25.8 Å². The lowest BCUT2D eigenvalue weighted by Crippen LogP contribution is -2.34. The minimum absolute atomic E-state index is 0.654. The van der Waals surface area contributed by atoms with Gasteiger partial charge in [-0.1, -0.05) is 34.8 Å². The predicted octanol–water partition coefficient (Wildman–Crippen LogP) is 3.23. The summed E-state index contributed by atoms with van der Waals surface area (Å²) in [4.78, 5) is 2.48. The highest BCUT2D eigenvalue weighted by Crippen LogP contribution is 2.43. The van der Waals surface area contributed by atoms with Crippen molar-refractivity contribution in [3.05, 3.63) is 0 Å². The van der Waals surface area contributed by atoms with Crippen LogP contribution in [0.2, 0.25) is 0 Å². The van der Waals surface area contributed by atoms with E-state index in [1.807, 2.05) is 0 Å². The first kappa shape index (κ1) is 10.4. The fourth-order valence-corrected chi connectivity index (χ4v) is 2.51. The summed E-state index contributed by atoms with van der Waals surface area (Å²) in [7, 11) is 0. The number of piperidine rings is 1. The lowest BCUT2D eigenvalue weighted by atomic mass is 10.1. The van der Waals surface area contributed by atoms with Crippen LogP contribution in [0.15, 0.2) is 0 Å². The summed E-state index contributed by atoms with van der Waals surface area (Å²) in [6.45, 7) is 2.14. The number of rotatable bonds is 2. The molecule has 2 fully saturated rings. The quantitative estimate of drug-likeness (QED) is 0.672. The molecule has 1 heterocycles. The Morgan fingerprint density at radius 1 is 1.31 bits per heavy atom. The zero-order valence-electron chi connectivity index (χ0n) is 7.48. The molecule has 0 N–H and O–H groups in total. The molecule has 0 spiro atoms. The van der Waals surface area contributed by atoms with Crippen LogP contribution < -0.4 is 0 Å². The van der Waals surface area contributed by atoms with Gasteiger partial charge in [-0.05, 0) is 31.7 Å². The van der Waals surface area contributed by atoms with Crippen molar-refractivity contribution in [1.29, 1.82) is 0 Å². The van der Waals surface area contributed by atoms with Crippen LogP contribution in [-0.2, 0) is 0 Å². The zero-order chi connectivity index (χ0) is 9.47. The maximum atomic E-state index is 5.72. The second-order valence-corrected chi connectivity index (χ2v) is 6.62. The highest BCUT2D eigenvalue weighted by molar-refractivity contribution is 6.67. The number of hydrogen-bond acceptors (Lipinski definition) is 1. The summed E-state index contributed by atoms with van der Waals surface area (Å²) in [5.41, 5.74) is 0. The van der Waals surface area contributed by atoms with Gasteiger partial charge in [0, 0.05) is 19.0 Å². The summed E-state index contributed by atoms with van der Waals surface area (Å²) in [5.74, 6) is 0.962. The van der Waals surface area contributed by atoms with Gasteiger partial charge in [0.25, 0.3) is 0 Å². The second-order valence-electron chi connectivity index (χ2n) is 4.11. The summed E-state index contributed by atoms with van der Waals surface area (Å²) < 4.78 is -1.07. The first-order chi connectivity index (χ1) is 6.06. The molecule has 1 saturated heterocycles. The molecule has 2 unspecified atom stereocenters. The molecule has 1 aliphatic carbocycles. The first-order valence-corrected chi connectivity index (χ1v) is 6.00. The molecule has 1 saturated carbocycles. The number of fused-ring (bicyclic) bond motifs is 1. The zero-order valence-corrected chi connectivity index (χ0v) is 9.75. The van der Waals surface area contributed by atoms with Crippen molar-refractivity contribution < 1.29 is 0 Å². The largest absolute Gasteiger partial charge is 0.300 e. The normalized spacial score (nSPS) is 34.4. The van der Waals surface area contributed by atoms with Gasteiger partial charge in [-0.15, -0.1) is 0 Å². The van der Waals surface area contributed by atoms with Gasteiger partial charge >= 0.3 is 0 Å². The smallest absolute Gasteiger partial charge is 0.191 e. The standard InChI is InChI=1S/C9H14Cl3N/c10-9(11,12)3-5-13-4-1-2-7-6-8(7)13/h7-8H,1-6H2. The fourth-order valence-electron chi connectivity index (χ4n) is 2.26. The van der Waals surface area contributed by atoms with E-state index < -0.39 is 3.79 Å². The monoisotopic (exact) mass is 241 g/mol. The van der Waals surface area contributed by atoms with Crippen molar-refractivity contribution in [1.82, 2.24) is 4.90 Å².